The van der Waals surface area contributed by atoms with Gasteiger partial charge in [0.1, 0.15) is 11.6 Å². The Balaban J connectivity index is 1.73. The first-order valence-electron chi connectivity index (χ1n) is 7.79. The van der Waals surface area contributed by atoms with Crippen molar-refractivity contribution >= 4 is 63.9 Å². The molecule has 0 radical (unpaired) electrons. The third kappa shape index (κ3) is 3.45. The molecule has 4 rings (SSSR count). The second-order valence-electron chi connectivity index (χ2n) is 5.52. The van der Waals surface area contributed by atoms with Gasteiger partial charge < -0.3 is 10.1 Å². The topological polar surface area (TPSA) is 36.9 Å². The average Bonchev–Trinajstić information content (AvgIpc) is 3.04. The lowest BCUT2D eigenvalue weighted by molar-refractivity contribution is 0.415. The Labute approximate surface area is 175 Å². The van der Waals surface area contributed by atoms with E-state index in [1.807, 2.05) is 54.6 Å². The van der Waals surface area contributed by atoms with E-state index < -0.39 is 0 Å². The summed E-state index contributed by atoms with van der Waals surface area (Å²) >= 11 is 9.71. The molecule has 0 spiro atoms. The molecule has 0 saturated heterocycles. The maximum absolute atomic E-state index is 6.39. The van der Waals surface area contributed by atoms with Crippen molar-refractivity contribution in [3.8, 4) is 5.75 Å². The number of fused-ring (bicyclic) bond motifs is 1. The molecule has 0 fully saturated rings. The summed E-state index contributed by atoms with van der Waals surface area (Å²) in [6, 6.07) is 15.6. The molecule has 26 heavy (non-hydrogen) atoms. The number of halogens is 3. The maximum Gasteiger partial charge on any atom is 0.158 e. The molecule has 132 valence electrons. The van der Waals surface area contributed by atoms with Crippen molar-refractivity contribution < 1.29 is 4.74 Å². The van der Waals surface area contributed by atoms with Crippen molar-refractivity contribution in [2.45, 2.75) is 0 Å². The Morgan fingerprint density at radius 3 is 2.65 bits per heavy atom. The molecule has 4 nitrogen and oxygen atoms in total. The van der Waals surface area contributed by atoms with Crippen LogP contribution in [0.3, 0.4) is 0 Å². The zero-order valence-corrected chi connectivity index (χ0v) is 18.2. The molecule has 2 aromatic rings. The molecular weight excluding hydrogens is 528 g/mol. The number of hydrogen-bond acceptors (Lipinski definition) is 4. The summed E-state index contributed by atoms with van der Waals surface area (Å²) in [6.45, 7) is 0. The number of aliphatic imine (C=N–C) groups is 1. The fourth-order valence-electron chi connectivity index (χ4n) is 2.59. The summed E-state index contributed by atoms with van der Waals surface area (Å²) in [5.74, 6) is 2.75. The molecule has 0 amide bonds. The first-order chi connectivity index (χ1) is 12.7. The predicted molar refractivity (Wildman–Crippen MR) is 121 cm³/mol. The summed E-state index contributed by atoms with van der Waals surface area (Å²) in [4.78, 5) is 4.83. The minimum atomic E-state index is -0.313. The number of nitrogens with one attached hydrogen (secondary N) is 1. The smallest absolute Gasteiger partial charge is 0.158 e. The number of hydrogen-bond donors (Lipinski definition) is 1. The van der Waals surface area contributed by atoms with Gasteiger partial charge in [-0.05, 0) is 46.3 Å². The Kier molecular flexibility index (Phi) is 5.15. The van der Waals surface area contributed by atoms with Crippen molar-refractivity contribution in [1.29, 1.82) is 0 Å². The zero-order valence-electron chi connectivity index (χ0n) is 13.7. The van der Waals surface area contributed by atoms with Crippen molar-refractivity contribution in [2.75, 3.05) is 12.4 Å². The minimum Gasteiger partial charge on any atom is -0.497 e. The minimum absolute atomic E-state index is 0.313. The molecule has 7 heteroatoms. The van der Waals surface area contributed by atoms with E-state index >= 15 is 0 Å². The molecule has 0 bridgehead atoms. The highest BCUT2D eigenvalue weighted by Gasteiger charge is 2.26. The molecule has 2 aromatic carbocycles. The van der Waals surface area contributed by atoms with Crippen molar-refractivity contribution in [3.05, 3.63) is 81.3 Å². The lowest BCUT2D eigenvalue weighted by Crippen LogP contribution is -2.22. The van der Waals surface area contributed by atoms with Gasteiger partial charge in [-0.15, -0.1) is 0 Å². The second kappa shape index (κ2) is 7.54. The van der Waals surface area contributed by atoms with Crippen LogP contribution in [0.1, 0.15) is 5.56 Å². The maximum atomic E-state index is 6.39. The van der Waals surface area contributed by atoms with E-state index in [4.69, 9.17) is 21.3 Å². The van der Waals surface area contributed by atoms with Crippen LogP contribution in [0.15, 0.2) is 75.7 Å². The van der Waals surface area contributed by atoms with Gasteiger partial charge in [-0.2, -0.15) is 0 Å². The van der Waals surface area contributed by atoms with Crippen LogP contribution in [0.25, 0.3) is 0 Å². The average molecular weight is 543 g/mol. The van der Waals surface area contributed by atoms with E-state index in [0.29, 0.717) is 5.02 Å². The molecule has 2 heterocycles. The lowest BCUT2D eigenvalue weighted by Gasteiger charge is -2.26. The Bertz CT molecular complexity index is 983. The van der Waals surface area contributed by atoms with Gasteiger partial charge in [0.25, 0.3) is 0 Å². The molecule has 1 N–H and O–H groups in total. The molecule has 2 aliphatic heterocycles. The van der Waals surface area contributed by atoms with Gasteiger partial charge in [0.05, 0.1) is 17.3 Å². The third-order valence-corrected chi connectivity index (χ3v) is 8.07. The van der Waals surface area contributed by atoms with Crippen LogP contribution in [0, 0.1) is 0 Å². The molecule has 0 unspecified atom stereocenters. The van der Waals surface area contributed by atoms with Crippen molar-refractivity contribution in [1.82, 2.24) is 3.11 Å². The van der Waals surface area contributed by atoms with Gasteiger partial charge in [-0.25, -0.2) is 4.99 Å². The number of benzene rings is 2. The van der Waals surface area contributed by atoms with Crippen LogP contribution in [-0.2, 0) is 0 Å². The SMILES string of the molecule is COc1ccc(NC2=CC(c3ccccc3Cl)=NC3=C(Br)C=IN23)cc1. The van der Waals surface area contributed by atoms with Crippen LogP contribution in [0.2, 0.25) is 5.02 Å². The number of ether oxygens (including phenoxy) is 1. The van der Waals surface area contributed by atoms with E-state index in [-0.39, 0.29) is 21.0 Å². The fraction of sp³-hybridized carbons (Fsp3) is 0.0526. The zero-order chi connectivity index (χ0) is 18.1. The van der Waals surface area contributed by atoms with Gasteiger partial charge in [0.2, 0.25) is 0 Å². The Hall–Kier alpha value is -1.64. The lowest BCUT2D eigenvalue weighted by atomic mass is 10.1. The number of rotatable bonds is 4. The summed E-state index contributed by atoms with van der Waals surface area (Å²) in [5.41, 5.74) is 2.75. The van der Waals surface area contributed by atoms with E-state index in [2.05, 4.69) is 28.4 Å². The third-order valence-electron chi connectivity index (χ3n) is 3.87. The monoisotopic (exact) mass is 541 g/mol. The van der Waals surface area contributed by atoms with E-state index in [1.54, 1.807) is 7.11 Å². The molecule has 2 aliphatic rings. The van der Waals surface area contributed by atoms with E-state index in [9.17, 15) is 0 Å². The predicted octanol–water partition coefficient (Wildman–Crippen LogP) is 5.67. The van der Waals surface area contributed by atoms with Crippen LogP contribution in [-0.4, -0.2) is 19.9 Å². The van der Waals surface area contributed by atoms with E-state index in [1.165, 1.54) is 0 Å². The fourth-order valence-corrected chi connectivity index (χ4v) is 5.93. The molecule has 0 atom stereocenters. The number of methoxy groups -OCH3 is 1. The van der Waals surface area contributed by atoms with Gasteiger partial charge in [-0.3, -0.25) is 3.11 Å². The Morgan fingerprint density at radius 1 is 1.15 bits per heavy atom. The first kappa shape index (κ1) is 17.8. The van der Waals surface area contributed by atoms with Gasteiger partial charge in [0, 0.05) is 47.4 Å². The largest absolute Gasteiger partial charge is 0.497 e. The van der Waals surface area contributed by atoms with Crippen molar-refractivity contribution in [3.63, 3.8) is 0 Å². The molecule has 0 saturated carbocycles. The van der Waals surface area contributed by atoms with Crippen LogP contribution in [0.4, 0.5) is 5.69 Å². The summed E-state index contributed by atoms with van der Waals surface area (Å²) in [7, 11) is 1.66. The molecule has 0 aromatic heterocycles. The summed E-state index contributed by atoms with van der Waals surface area (Å²) in [6.07, 6.45) is 2.05. The standard InChI is InChI=1S/C19H14BrClIN3O/c1-26-13-8-6-12(7-9-13)23-18-10-17(14-4-2-3-5-16(14)21)24-19-15(20)11-22-25(18)19/h2-11,23H,1H3. The van der Waals surface area contributed by atoms with Gasteiger partial charge in [0.15, 0.2) is 5.82 Å². The van der Waals surface area contributed by atoms with Crippen LogP contribution < -0.4 is 10.1 Å². The summed E-state index contributed by atoms with van der Waals surface area (Å²) < 4.78 is 10.7. The number of nitrogens with zero attached hydrogens (tertiary/aromatic N) is 2. The number of allylic oxidation sites excluding steroid dienone is 2. The highest BCUT2D eigenvalue weighted by molar-refractivity contribution is 14.2. The van der Waals surface area contributed by atoms with E-state index in [0.717, 1.165) is 38.8 Å². The normalized spacial score (nSPS) is 15.9. The molecular formula is C19H14BrClIN3O. The molecule has 0 aliphatic carbocycles. The Morgan fingerprint density at radius 2 is 1.92 bits per heavy atom. The quantitative estimate of drug-likeness (QED) is 0.400. The highest BCUT2D eigenvalue weighted by atomic mass is 127. The van der Waals surface area contributed by atoms with Crippen LogP contribution in [0.5, 0.6) is 5.75 Å². The highest BCUT2D eigenvalue weighted by Crippen LogP contribution is 2.38. The first-order valence-corrected chi connectivity index (χ1v) is 11.2. The van der Waals surface area contributed by atoms with Crippen molar-refractivity contribution in [2.24, 2.45) is 4.99 Å². The van der Waals surface area contributed by atoms with Crippen LogP contribution >= 0.6 is 48.5 Å². The number of anilines is 1. The summed E-state index contributed by atoms with van der Waals surface area (Å²) in [5, 5.41) is 4.19. The van der Waals surface area contributed by atoms with Gasteiger partial charge >= 0.3 is 0 Å². The second-order valence-corrected chi connectivity index (χ2v) is 8.93. The van der Waals surface area contributed by atoms with Gasteiger partial charge in [-0.1, -0.05) is 29.8 Å².